The lowest BCUT2D eigenvalue weighted by atomic mass is 10.3. The quantitative estimate of drug-likeness (QED) is 0.671. The minimum atomic E-state index is 0.595. The fraction of sp³-hybridized carbons (Fsp3) is 0.250. The van der Waals surface area contributed by atoms with Crippen LogP contribution >= 0.6 is 11.6 Å². The lowest BCUT2D eigenvalue weighted by Crippen LogP contribution is -1.94. The molecule has 4 heteroatoms. The van der Waals surface area contributed by atoms with E-state index in [9.17, 15) is 4.79 Å². The summed E-state index contributed by atoms with van der Waals surface area (Å²) in [7, 11) is 0. The van der Waals surface area contributed by atoms with E-state index in [2.05, 4.69) is 5.10 Å². The second-order valence-corrected chi connectivity index (χ2v) is 2.62. The summed E-state index contributed by atoms with van der Waals surface area (Å²) in [4.78, 5) is 10.4. The fourth-order valence-corrected chi connectivity index (χ4v) is 0.970. The molecule has 0 N–H and O–H groups in total. The summed E-state index contributed by atoms with van der Waals surface area (Å²) >= 11 is 5.34. The van der Waals surface area contributed by atoms with Crippen LogP contribution in [0, 0.1) is 6.92 Å². The van der Waals surface area contributed by atoms with Gasteiger partial charge in [-0.05, 0) is 6.92 Å². The highest BCUT2D eigenvalue weighted by Gasteiger charge is 2.00. The van der Waals surface area contributed by atoms with Crippen molar-refractivity contribution in [1.29, 1.82) is 0 Å². The van der Waals surface area contributed by atoms with E-state index in [1.807, 2.05) is 0 Å². The van der Waals surface area contributed by atoms with Crippen LogP contribution in [0.1, 0.15) is 16.1 Å². The Morgan fingerprint density at radius 1 is 1.75 bits per heavy atom. The first-order chi connectivity index (χ1) is 5.77. The molecule has 0 aliphatic rings. The summed E-state index contributed by atoms with van der Waals surface area (Å²) < 4.78 is 1.66. The van der Waals surface area contributed by atoms with E-state index in [4.69, 9.17) is 11.6 Å². The lowest BCUT2D eigenvalue weighted by Gasteiger charge is -1.91. The molecule has 0 aliphatic heterocycles. The summed E-state index contributed by atoms with van der Waals surface area (Å²) in [5, 5.41) is 4.09. The minimum absolute atomic E-state index is 0.595. The zero-order valence-corrected chi connectivity index (χ0v) is 7.45. The first kappa shape index (κ1) is 9.00. The van der Waals surface area contributed by atoms with Crippen LogP contribution in [-0.2, 0) is 6.54 Å². The van der Waals surface area contributed by atoms with E-state index in [1.165, 1.54) is 5.54 Å². The van der Waals surface area contributed by atoms with Crippen LogP contribution in [0.5, 0.6) is 0 Å². The summed E-state index contributed by atoms with van der Waals surface area (Å²) in [6.45, 7) is 2.39. The number of carbonyl (C=O) groups is 1. The average Bonchev–Trinajstić information content (AvgIpc) is 2.43. The van der Waals surface area contributed by atoms with Crippen LogP contribution in [0.2, 0.25) is 0 Å². The molecule has 0 spiro atoms. The Morgan fingerprint density at radius 3 is 3.00 bits per heavy atom. The average molecular weight is 185 g/mol. The Labute approximate surface area is 75.6 Å². The first-order valence-corrected chi connectivity index (χ1v) is 3.96. The van der Waals surface area contributed by atoms with Gasteiger partial charge in [0.15, 0.2) is 6.29 Å². The molecule has 0 bridgehead atoms. The number of halogens is 1. The fourth-order valence-electron chi connectivity index (χ4n) is 0.890. The smallest absolute Gasteiger partial charge is 0.153 e. The molecule has 0 amide bonds. The zero-order chi connectivity index (χ0) is 8.97. The summed E-state index contributed by atoms with van der Waals surface area (Å²) in [6, 6.07) is 0. The molecular formula is C8H9ClN2O. The Balaban J connectivity index is 2.81. The van der Waals surface area contributed by atoms with Crippen molar-refractivity contribution < 1.29 is 4.79 Å². The monoisotopic (exact) mass is 184 g/mol. The maximum atomic E-state index is 10.4. The van der Waals surface area contributed by atoms with Gasteiger partial charge in [0.1, 0.15) is 0 Å². The molecule has 0 radical (unpaired) electrons. The van der Waals surface area contributed by atoms with Gasteiger partial charge in [-0.1, -0.05) is 17.7 Å². The topological polar surface area (TPSA) is 34.9 Å². The van der Waals surface area contributed by atoms with Gasteiger partial charge in [0.05, 0.1) is 17.8 Å². The molecule has 0 unspecified atom stereocenters. The van der Waals surface area contributed by atoms with Gasteiger partial charge in [-0.25, -0.2) is 0 Å². The molecule has 1 aromatic rings. The van der Waals surface area contributed by atoms with E-state index in [0.717, 1.165) is 12.0 Å². The molecule has 1 aromatic heterocycles. The normalized spacial score (nSPS) is 10.8. The maximum Gasteiger partial charge on any atom is 0.153 e. The van der Waals surface area contributed by atoms with Crippen LogP contribution in [-0.4, -0.2) is 16.1 Å². The maximum absolute atomic E-state index is 10.4. The van der Waals surface area contributed by atoms with Crippen molar-refractivity contribution in [3.63, 3.8) is 0 Å². The number of carbonyl (C=O) groups excluding carboxylic acids is 1. The number of aldehydes is 1. The summed E-state index contributed by atoms with van der Waals surface area (Å²) in [5.74, 6) is 0. The Hall–Kier alpha value is -1.09. The molecule has 0 atom stereocenters. The van der Waals surface area contributed by atoms with Gasteiger partial charge in [0.2, 0.25) is 0 Å². The predicted octanol–water partition coefficient (Wildman–Crippen LogP) is 1.76. The number of aryl methyl sites for hydroxylation is 1. The van der Waals surface area contributed by atoms with Crippen molar-refractivity contribution in [2.75, 3.05) is 0 Å². The first-order valence-electron chi connectivity index (χ1n) is 3.52. The Kier molecular flexibility index (Phi) is 3.05. The van der Waals surface area contributed by atoms with Crippen molar-refractivity contribution in [2.45, 2.75) is 13.5 Å². The highest BCUT2D eigenvalue weighted by molar-refractivity contribution is 6.25. The van der Waals surface area contributed by atoms with Crippen molar-refractivity contribution >= 4 is 17.9 Å². The molecule has 1 heterocycles. The standard InChI is InChI=1S/C8H9ClN2O/c1-7-8(6-12)5-11(10-7)4-2-3-9/h2-3,5-6H,4H2,1H3. The number of nitrogens with zero attached hydrogens (tertiary/aromatic N) is 2. The molecule has 64 valence electrons. The third-order valence-corrected chi connectivity index (χ3v) is 1.67. The van der Waals surface area contributed by atoms with E-state index in [1.54, 1.807) is 23.9 Å². The second-order valence-electron chi connectivity index (χ2n) is 2.37. The van der Waals surface area contributed by atoms with Crippen LogP contribution < -0.4 is 0 Å². The molecular weight excluding hydrogens is 176 g/mol. The van der Waals surface area contributed by atoms with Crippen molar-refractivity contribution in [1.82, 2.24) is 9.78 Å². The van der Waals surface area contributed by atoms with Crippen molar-refractivity contribution in [2.24, 2.45) is 0 Å². The Morgan fingerprint density at radius 2 is 2.50 bits per heavy atom. The van der Waals surface area contributed by atoms with Gasteiger partial charge in [0, 0.05) is 11.7 Å². The van der Waals surface area contributed by atoms with Gasteiger partial charge in [-0.2, -0.15) is 5.10 Å². The third-order valence-electron chi connectivity index (χ3n) is 1.49. The van der Waals surface area contributed by atoms with Crippen LogP contribution in [0.25, 0.3) is 0 Å². The third kappa shape index (κ3) is 1.95. The van der Waals surface area contributed by atoms with Gasteiger partial charge >= 0.3 is 0 Å². The van der Waals surface area contributed by atoms with Crippen molar-refractivity contribution in [3.8, 4) is 0 Å². The highest BCUT2D eigenvalue weighted by atomic mass is 35.5. The van der Waals surface area contributed by atoms with Crippen LogP contribution in [0.4, 0.5) is 0 Å². The van der Waals surface area contributed by atoms with E-state index >= 15 is 0 Å². The molecule has 1 rings (SSSR count). The number of hydrogen-bond acceptors (Lipinski definition) is 2. The largest absolute Gasteiger partial charge is 0.298 e. The molecule has 12 heavy (non-hydrogen) atoms. The van der Waals surface area contributed by atoms with Gasteiger partial charge in [0.25, 0.3) is 0 Å². The van der Waals surface area contributed by atoms with Gasteiger partial charge in [-0.3, -0.25) is 9.48 Å². The molecule has 0 aromatic carbocycles. The van der Waals surface area contributed by atoms with E-state index < -0.39 is 0 Å². The number of rotatable bonds is 3. The molecule has 3 nitrogen and oxygen atoms in total. The van der Waals surface area contributed by atoms with E-state index in [-0.39, 0.29) is 0 Å². The second kappa shape index (κ2) is 4.07. The molecule has 0 saturated heterocycles. The SMILES string of the molecule is Cc1nn(CC=CCl)cc1C=O. The van der Waals surface area contributed by atoms with Gasteiger partial charge < -0.3 is 0 Å². The summed E-state index contributed by atoms with van der Waals surface area (Å²) in [5.41, 5.74) is 2.79. The molecule has 0 aliphatic carbocycles. The van der Waals surface area contributed by atoms with Crippen LogP contribution in [0.15, 0.2) is 17.8 Å². The predicted molar refractivity (Wildman–Crippen MR) is 47.3 cm³/mol. The number of aromatic nitrogens is 2. The summed E-state index contributed by atoms with van der Waals surface area (Å²) in [6.07, 6.45) is 4.24. The number of hydrogen-bond donors (Lipinski definition) is 0. The lowest BCUT2D eigenvalue weighted by molar-refractivity contribution is 0.112. The Bertz CT molecular complexity index is 304. The van der Waals surface area contributed by atoms with Crippen molar-refractivity contribution in [3.05, 3.63) is 29.1 Å². The number of allylic oxidation sites excluding steroid dienone is 1. The highest BCUT2D eigenvalue weighted by Crippen LogP contribution is 2.01. The zero-order valence-electron chi connectivity index (χ0n) is 6.70. The van der Waals surface area contributed by atoms with E-state index in [0.29, 0.717) is 12.1 Å². The molecule has 0 saturated carbocycles. The van der Waals surface area contributed by atoms with Gasteiger partial charge in [-0.15, -0.1) is 0 Å². The molecule has 0 fully saturated rings. The van der Waals surface area contributed by atoms with Crippen LogP contribution in [0.3, 0.4) is 0 Å². The minimum Gasteiger partial charge on any atom is -0.298 e.